The molecule has 0 saturated heterocycles. The summed E-state index contributed by atoms with van der Waals surface area (Å²) in [7, 11) is 1.51. The van der Waals surface area contributed by atoms with Gasteiger partial charge < -0.3 is 14.9 Å². The molecule has 0 aliphatic carbocycles. The lowest BCUT2D eigenvalue weighted by Gasteiger charge is -2.07. The minimum atomic E-state index is 0.0773. The first-order chi connectivity index (χ1) is 12.2. The molecule has 0 amide bonds. The van der Waals surface area contributed by atoms with Gasteiger partial charge in [0.15, 0.2) is 17.1 Å². The predicted molar refractivity (Wildman–Crippen MR) is 93.7 cm³/mol. The van der Waals surface area contributed by atoms with Crippen molar-refractivity contribution in [2.24, 2.45) is 0 Å². The summed E-state index contributed by atoms with van der Waals surface area (Å²) in [5, 5.41) is 24.1. The largest absolute Gasteiger partial charge is 0.508 e. The molecule has 2 N–H and O–H groups in total. The number of benzene rings is 2. The summed E-state index contributed by atoms with van der Waals surface area (Å²) in [6, 6.07) is 15.8. The van der Waals surface area contributed by atoms with E-state index >= 15 is 0 Å². The van der Waals surface area contributed by atoms with Crippen molar-refractivity contribution < 1.29 is 14.9 Å². The number of rotatable bonds is 3. The zero-order valence-corrected chi connectivity index (χ0v) is 13.4. The lowest BCUT2D eigenvalue weighted by molar-refractivity contribution is 0.373. The fourth-order valence-corrected chi connectivity index (χ4v) is 2.73. The van der Waals surface area contributed by atoms with Gasteiger partial charge in [-0.1, -0.05) is 12.1 Å². The molecular weight excluding hydrogens is 318 g/mol. The second kappa shape index (κ2) is 5.83. The van der Waals surface area contributed by atoms with Crippen LogP contribution in [0.2, 0.25) is 0 Å². The van der Waals surface area contributed by atoms with E-state index < -0.39 is 0 Å². The van der Waals surface area contributed by atoms with Crippen LogP contribution in [0, 0.1) is 0 Å². The van der Waals surface area contributed by atoms with Gasteiger partial charge in [-0.25, -0.2) is 9.50 Å². The van der Waals surface area contributed by atoms with E-state index in [0.29, 0.717) is 17.1 Å². The topological polar surface area (TPSA) is 79.9 Å². The number of aromatic hydroxyl groups is 2. The zero-order chi connectivity index (χ0) is 17.4. The average molecular weight is 333 g/mol. The number of aromatic nitrogens is 3. The Morgan fingerprint density at radius 2 is 1.84 bits per heavy atom. The average Bonchev–Trinajstić information content (AvgIpc) is 3.05. The smallest absolute Gasteiger partial charge is 0.161 e. The van der Waals surface area contributed by atoms with Crippen LogP contribution in [0.5, 0.6) is 17.2 Å². The maximum atomic E-state index is 9.78. The Morgan fingerprint density at radius 1 is 0.960 bits per heavy atom. The van der Waals surface area contributed by atoms with Crippen LogP contribution in [-0.2, 0) is 0 Å². The number of fused-ring (bicyclic) bond motifs is 1. The Labute approximate surface area is 143 Å². The maximum absolute atomic E-state index is 9.78. The van der Waals surface area contributed by atoms with E-state index in [1.807, 2.05) is 18.2 Å². The minimum Gasteiger partial charge on any atom is -0.508 e. The fraction of sp³-hybridized carbons (Fsp3) is 0.0526. The Bertz CT molecular complexity index is 1070. The maximum Gasteiger partial charge on any atom is 0.161 e. The molecule has 0 aliphatic heterocycles. The molecule has 0 atom stereocenters. The van der Waals surface area contributed by atoms with Gasteiger partial charge in [-0.05, 0) is 42.5 Å². The standard InChI is InChI=1S/C19H15N3O3/c1-25-18-10-13(5-7-17(18)24)16-11-20-19-8-6-15(21-22(16)19)12-3-2-4-14(23)9-12/h2-11,23-24H,1H3. The molecular formula is C19H15N3O3. The quantitative estimate of drug-likeness (QED) is 0.600. The van der Waals surface area contributed by atoms with Crippen LogP contribution in [-0.4, -0.2) is 31.9 Å². The van der Waals surface area contributed by atoms with Crippen molar-refractivity contribution >= 4 is 5.65 Å². The first kappa shape index (κ1) is 15.0. The Morgan fingerprint density at radius 3 is 2.64 bits per heavy atom. The summed E-state index contributed by atoms with van der Waals surface area (Å²) in [6.45, 7) is 0. The fourth-order valence-electron chi connectivity index (χ4n) is 2.73. The molecule has 0 fully saturated rings. The molecule has 0 bridgehead atoms. The molecule has 4 rings (SSSR count). The van der Waals surface area contributed by atoms with Crippen LogP contribution < -0.4 is 4.74 Å². The number of hydrogen-bond donors (Lipinski definition) is 2. The Kier molecular flexibility index (Phi) is 3.50. The van der Waals surface area contributed by atoms with E-state index in [4.69, 9.17) is 4.74 Å². The van der Waals surface area contributed by atoms with E-state index in [1.54, 1.807) is 47.1 Å². The summed E-state index contributed by atoms with van der Waals surface area (Å²) in [4.78, 5) is 4.37. The van der Waals surface area contributed by atoms with Crippen LogP contribution in [0.15, 0.2) is 60.8 Å². The van der Waals surface area contributed by atoms with Crippen molar-refractivity contribution in [2.75, 3.05) is 7.11 Å². The predicted octanol–water partition coefficient (Wildman–Crippen LogP) is 3.48. The van der Waals surface area contributed by atoms with E-state index in [0.717, 1.165) is 16.8 Å². The Balaban J connectivity index is 1.87. The number of imidazole rings is 1. The molecule has 2 aromatic carbocycles. The van der Waals surface area contributed by atoms with Gasteiger partial charge >= 0.3 is 0 Å². The molecule has 0 spiro atoms. The summed E-state index contributed by atoms with van der Waals surface area (Å²) < 4.78 is 6.90. The molecule has 2 heterocycles. The van der Waals surface area contributed by atoms with Gasteiger partial charge in [-0.3, -0.25) is 0 Å². The third-order valence-electron chi connectivity index (χ3n) is 3.98. The summed E-state index contributed by atoms with van der Waals surface area (Å²) >= 11 is 0. The summed E-state index contributed by atoms with van der Waals surface area (Å²) in [6.07, 6.45) is 1.72. The lowest BCUT2D eigenvalue weighted by Crippen LogP contribution is -1.97. The lowest BCUT2D eigenvalue weighted by atomic mass is 10.1. The molecule has 6 heteroatoms. The zero-order valence-electron chi connectivity index (χ0n) is 13.4. The van der Waals surface area contributed by atoms with Gasteiger partial charge in [-0.15, -0.1) is 0 Å². The number of nitrogens with zero attached hydrogens (tertiary/aromatic N) is 3. The second-order valence-corrected chi connectivity index (χ2v) is 5.57. The van der Waals surface area contributed by atoms with Crippen molar-refractivity contribution in [3.8, 4) is 39.8 Å². The second-order valence-electron chi connectivity index (χ2n) is 5.57. The van der Waals surface area contributed by atoms with Gasteiger partial charge in [-0.2, -0.15) is 5.10 Å². The summed E-state index contributed by atoms with van der Waals surface area (Å²) in [5.74, 6) is 0.651. The molecule has 0 aliphatic rings. The van der Waals surface area contributed by atoms with Crippen LogP contribution in [0.4, 0.5) is 0 Å². The van der Waals surface area contributed by atoms with E-state index in [1.165, 1.54) is 7.11 Å². The van der Waals surface area contributed by atoms with Crippen LogP contribution in [0.3, 0.4) is 0 Å². The summed E-state index contributed by atoms with van der Waals surface area (Å²) in [5.41, 5.74) is 3.82. The molecule has 0 unspecified atom stereocenters. The van der Waals surface area contributed by atoms with Crippen LogP contribution >= 0.6 is 0 Å². The SMILES string of the molecule is COc1cc(-c2cnc3ccc(-c4cccc(O)c4)nn23)ccc1O. The van der Waals surface area contributed by atoms with Gasteiger partial charge in [0.05, 0.1) is 24.7 Å². The number of hydrogen-bond acceptors (Lipinski definition) is 5. The molecule has 0 radical (unpaired) electrons. The molecule has 124 valence electrons. The monoisotopic (exact) mass is 333 g/mol. The normalized spacial score (nSPS) is 10.9. The number of methoxy groups -OCH3 is 1. The highest BCUT2D eigenvalue weighted by Gasteiger charge is 2.11. The number of phenolic OH excluding ortho intramolecular Hbond substituents is 2. The van der Waals surface area contributed by atoms with Crippen molar-refractivity contribution in [1.82, 2.24) is 14.6 Å². The molecule has 0 saturated carbocycles. The van der Waals surface area contributed by atoms with Crippen molar-refractivity contribution in [3.05, 3.63) is 60.8 Å². The molecule has 6 nitrogen and oxygen atoms in total. The molecule has 4 aromatic rings. The van der Waals surface area contributed by atoms with Gasteiger partial charge in [0.2, 0.25) is 0 Å². The molecule has 25 heavy (non-hydrogen) atoms. The van der Waals surface area contributed by atoms with Gasteiger partial charge in [0, 0.05) is 11.1 Å². The van der Waals surface area contributed by atoms with E-state index in [-0.39, 0.29) is 11.5 Å². The highest BCUT2D eigenvalue weighted by Crippen LogP contribution is 2.32. The number of ether oxygens (including phenoxy) is 1. The van der Waals surface area contributed by atoms with Crippen molar-refractivity contribution in [2.45, 2.75) is 0 Å². The van der Waals surface area contributed by atoms with Crippen molar-refractivity contribution in [1.29, 1.82) is 0 Å². The first-order valence-electron chi connectivity index (χ1n) is 7.67. The third kappa shape index (κ3) is 2.63. The highest BCUT2D eigenvalue weighted by atomic mass is 16.5. The minimum absolute atomic E-state index is 0.0773. The third-order valence-corrected chi connectivity index (χ3v) is 3.98. The van der Waals surface area contributed by atoms with Gasteiger partial charge in [0.1, 0.15) is 5.75 Å². The van der Waals surface area contributed by atoms with Gasteiger partial charge in [0.25, 0.3) is 0 Å². The van der Waals surface area contributed by atoms with E-state index in [9.17, 15) is 10.2 Å². The Hall–Kier alpha value is -3.54. The molecule has 2 aromatic heterocycles. The van der Waals surface area contributed by atoms with Crippen LogP contribution in [0.25, 0.3) is 28.2 Å². The van der Waals surface area contributed by atoms with E-state index in [2.05, 4.69) is 10.1 Å². The van der Waals surface area contributed by atoms with Crippen molar-refractivity contribution in [3.63, 3.8) is 0 Å². The first-order valence-corrected chi connectivity index (χ1v) is 7.67. The highest BCUT2D eigenvalue weighted by molar-refractivity contribution is 5.68. The number of phenols is 2. The van der Waals surface area contributed by atoms with Crippen LogP contribution in [0.1, 0.15) is 0 Å².